The summed E-state index contributed by atoms with van der Waals surface area (Å²) in [5.41, 5.74) is 2.29. The summed E-state index contributed by atoms with van der Waals surface area (Å²) in [6, 6.07) is 19.9. The average Bonchev–Trinajstić information content (AvgIpc) is 2.91. The smallest absolute Gasteiger partial charge is 0.308 e. The lowest BCUT2D eigenvalue weighted by Gasteiger charge is -2.19. The zero-order valence-electron chi connectivity index (χ0n) is 21.8. The van der Waals surface area contributed by atoms with Crippen molar-refractivity contribution in [2.24, 2.45) is 0 Å². The van der Waals surface area contributed by atoms with E-state index in [2.05, 4.69) is 5.32 Å². The lowest BCUT2D eigenvalue weighted by atomic mass is 10.1. The molecule has 0 aromatic heterocycles. The number of amides is 1. The van der Waals surface area contributed by atoms with Crippen LogP contribution in [0.3, 0.4) is 0 Å². The molecule has 1 N–H and O–H groups in total. The van der Waals surface area contributed by atoms with Crippen molar-refractivity contribution < 1.29 is 38.1 Å². The highest BCUT2D eigenvalue weighted by Gasteiger charge is 2.25. The maximum absolute atomic E-state index is 13.0. The normalized spacial score (nSPS) is 11.2. The van der Waals surface area contributed by atoms with Crippen LogP contribution in [0.4, 0.5) is 0 Å². The predicted octanol–water partition coefficient (Wildman–Crippen LogP) is 4.17. The first-order chi connectivity index (χ1) is 18.3. The molecule has 0 heterocycles. The van der Waals surface area contributed by atoms with Crippen LogP contribution in [0.1, 0.15) is 36.6 Å². The number of carbonyl (C=O) groups is 3. The molecule has 0 aliphatic heterocycles. The first-order valence-electron chi connectivity index (χ1n) is 12.0. The van der Waals surface area contributed by atoms with Gasteiger partial charge in [0.15, 0.2) is 23.0 Å². The van der Waals surface area contributed by atoms with Crippen LogP contribution < -0.4 is 24.3 Å². The van der Waals surface area contributed by atoms with Crippen molar-refractivity contribution in [2.45, 2.75) is 33.0 Å². The van der Waals surface area contributed by atoms with Crippen LogP contribution in [-0.2, 0) is 32.1 Å². The molecule has 0 unspecified atom stereocenters. The molecule has 3 aromatic rings. The first-order valence-corrected chi connectivity index (χ1v) is 12.0. The molecule has 0 aliphatic carbocycles. The number of nitrogens with one attached hydrogen (secondary N) is 1. The minimum absolute atomic E-state index is 0.115. The van der Waals surface area contributed by atoms with E-state index in [1.165, 1.54) is 33.1 Å². The Hall–Kier alpha value is -4.53. The number of hydrogen-bond donors (Lipinski definition) is 1. The van der Waals surface area contributed by atoms with Gasteiger partial charge in [-0.05, 0) is 41.8 Å². The molecular weight excluding hydrogens is 490 g/mol. The van der Waals surface area contributed by atoms with E-state index < -0.39 is 23.9 Å². The quantitative estimate of drug-likeness (QED) is 0.279. The number of benzene rings is 3. The lowest BCUT2D eigenvalue weighted by molar-refractivity contribution is -0.154. The molecule has 0 bridgehead atoms. The minimum atomic E-state index is -1.24. The van der Waals surface area contributed by atoms with E-state index in [1.54, 1.807) is 13.2 Å². The van der Waals surface area contributed by atoms with Gasteiger partial charge in [0.1, 0.15) is 6.61 Å². The van der Waals surface area contributed by atoms with Gasteiger partial charge < -0.3 is 29.0 Å². The van der Waals surface area contributed by atoms with Crippen LogP contribution in [0, 0.1) is 0 Å². The first kappa shape index (κ1) is 28.0. The van der Waals surface area contributed by atoms with Crippen LogP contribution >= 0.6 is 0 Å². The Kier molecular flexibility index (Phi) is 10.1. The maximum Gasteiger partial charge on any atom is 0.308 e. The molecule has 3 rings (SSSR count). The molecule has 1 amide bonds. The molecular formula is C29H31NO8. The van der Waals surface area contributed by atoms with Gasteiger partial charge in [-0.25, -0.2) is 0 Å². The highest BCUT2D eigenvalue weighted by molar-refractivity contribution is 5.85. The van der Waals surface area contributed by atoms with E-state index >= 15 is 0 Å². The van der Waals surface area contributed by atoms with E-state index in [9.17, 15) is 14.4 Å². The lowest BCUT2D eigenvalue weighted by Crippen LogP contribution is -2.33. The summed E-state index contributed by atoms with van der Waals surface area (Å²) in [5.74, 6) is -0.0956. The second kappa shape index (κ2) is 13.7. The molecule has 200 valence electrons. The highest BCUT2D eigenvalue weighted by atomic mass is 16.6. The monoisotopic (exact) mass is 521 g/mol. The van der Waals surface area contributed by atoms with E-state index in [-0.39, 0.29) is 12.3 Å². The third kappa shape index (κ3) is 7.99. The third-order valence-electron chi connectivity index (χ3n) is 5.44. The summed E-state index contributed by atoms with van der Waals surface area (Å²) < 4.78 is 27.0. The van der Waals surface area contributed by atoms with Crippen molar-refractivity contribution in [3.8, 4) is 23.0 Å². The molecule has 38 heavy (non-hydrogen) atoms. The van der Waals surface area contributed by atoms with Crippen LogP contribution in [-0.4, -0.2) is 38.6 Å². The summed E-state index contributed by atoms with van der Waals surface area (Å²) in [5, 5.41) is 2.80. The zero-order chi connectivity index (χ0) is 27.5. The van der Waals surface area contributed by atoms with Crippen molar-refractivity contribution in [3.63, 3.8) is 0 Å². The van der Waals surface area contributed by atoms with Crippen LogP contribution in [0.25, 0.3) is 0 Å². The Balaban J connectivity index is 1.65. The third-order valence-corrected chi connectivity index (χ3v) is 5.44. The predicted molar refractivity (Wildman–Crippen MR) is 139 cm³/mol. The summed E-state index contributed by atoms with van der Waals surface area (Å²) in [6.45, 7) is 3.15. The Bertz CT molecular complexity index is 1260. The van der Waals surface area contributed by atoms with Gasteiger partial charge >= 0.3 is 11.9 Å². The van der Waals surface area contributed by atoms with Crippen molar-refractivity contribution in [1.29, 1.82) is 0 Å². The van der Waals surface area contributed by atoms with Crippen molar-refractivity contribution in [2.75, 3.05) is 20.8 Å². The number of rotatable bonds is 12. The van der Waals surface area contributed by atoms with Crippen LogP contribution in [0.15, 0.2) is 66.7 Å². The number of carbonyl (C=O) groups excluding carboxylic acids is 3. The SMILES string of the molecule is COc1cc(CCNC(=O)[C@@H](OC(C)=O)c2ccc(OC)c(OC(C)=O)c2)ccc1OCc1ccccc1. The topological polar surface area (TPSA) is 109 Å². The highest BCUT2D eigenvalue weighted by Crippen LogP contribution is 2.32. The number of esters is 2. The number of methoxy groups -OCH3 is 2. The molecule has 1 atom stereocenters. The largest absolute Gasteiger partial charge is 0.493 e. The Morgan fingerprint density at radius 2 is 1.47 bits per heavy atom. The molecule has 0 spiro atoms. The van der Waals surface area contributed by atoms with Crippen LogP contribution in [0.5, 0.6) is 23.0 Å². The molecule has 9 nitrogen and oxygen atoms in total. The Morgan fingerprint density at radius 3 is 2.13 bits per heavy atom. The van der Waals surface area contributed by atoms with Gasteiger partial charge in [-0.15, -0.1) is 0 Å². The molecule has 0 aliphatic rings. The number of ether oxygens (including phenoxy) is 5. The fourth-order valence-electron chi connectivity index (χ4n) is 3.67. The fourth-order valence-corrected chi connectivity index (χ4v) is 3.67. The summed E-state index contributed by atoms with van der Waals surface area (Å²) in [7, 11) is 2.99. The molecule has 0 fully saturated rings. The summed E-state index contributed by atoms with van der Waals surface area (Å²) >= 11 is 0. The molecule has 0 saturated heterocycles. The second-order valence-corrected chi connectivity index (χ2v) is 8.29. The summed E-state index contributed by atoms with van der Waals surface area (Å²) in [4.78, 5) is 36.2. The van der Waals surface area contributed by atoms with Gasteiger partial charge in [0.25, 0.3) is 5.91 Å². The van der Waals surface area contributed by atoms with Crippen molar-refractivity contribution in [3.05, 3.63) is 83.4 Å². The minimum Gasteiger partial charge on any atom is -0.493 e. The van der Waals surface area contributed by atoms with Gasteiger partial charge in [0.05, 0.1) is 14.2 Å². The maximum atomic E-state index is 13.0. The molecule has 0 radical (unpaired) electrons. The van der Waals surface area contributed by atoms with Gasteiger partial charge in [-0.2, -0.15) is 0 Å². The molecule has 3 aromatic carbocycles. The molecule has 0 saturated carbocycles. The standard InChI is InChI=1S/C29H31NO8/c1-19(31)37-27-17-23(11-13-24(27)34-3)28(38-20(2)32)29(33)30-15-14-21-10-12-25(26(16-21)35-4)36-18-22-8-6-5-7-9-22/h5-13,16-17,28H,14-15,18H2,1-4H3,(H,30,33)/t28-/m0/s1. The zero-order valence-corrected chi connectivity index (χ0v) is 21.8. The average molecular weight is 522 g/mol. The Labute approximate surface area is 221 Å². The van der Waals surface area contributed by atoms with Crippen molar-refractivity contribution >= 4 is 17.8 Å². The van der Waals surface area contributed by atoms with Crippen LogP contribution in [0.2, 0.25) is 0 Å². The second-order valence-electron chi connectivity index (χ2n) is 8.29. The van der Waals surface area contributed by atoms with Gasteiger partial charge in [0, 0.05) is 26.0 Å². The van der Waals surface area contributed by atoms with Gasteiger partial charge in [-0.3, -0.25) is 14.4 Å². The summed E-state index contributed by atoms with van der Waals surface area (Å²) in [6.07, 6.45) is -0.745. The van der Waals surface area contributed by atoms with E-state index in [0.29, 0.717) is 35.8 Å². The van der Waals surface area contributed by atoms with Gasteiger partial charge in [-0.1, -0.05) is 42.5 Å². The number of hydrogen-bond acceptors (Lipinski definition) is 8. The van der Waals surface area contributed by atoms with E-state index in [4.69, 9.17) is 23.7 Å². The molecule has 9 heteroatoms. The fraction of sp³-hybridized carbons (Fsp3) is 0.276. The van der Waals surface area contributed by atoms with Crippen molar-refractivity contribution in [1.82, 2.24) is 5.32 Å². The van der Waals surface area contributed by atoms with E-state index in [0.717, 1.165) is 11.1 Å². The Morgan fingerprint density at radius 1 is 0.763 bits per heavy atom. The van der Waals surface area contributed by atoms with E-state index in [1.807, 2.05) is 48.5 Å². The van der Waals surface area contributed by atoms with Gasteiger partial charge in [0.2, 0.25) is 6.10 Å².